The lowest BCUT2D eigenvalue weighted by molar-refractivity contribution is 0.537. The molecule has 2 aromatic heterocycles. The molecule has 1 aliphatic carbocycles. The van der Waals surface area contributed by atoms with Crippen LogP contribution < -0.4 is 4.90 Å². The second-order valence-electron chi connectivity index (χ2n) is 6.53. The number of anilines is 1. The number of aromatic nitrogens is 3. The van der Waals surface area contributed by atoms with Crippen LogP contribution in [-0.2, 0) is 0 Å². The molecule has 4 rings (SSSR count). The molecule has 2 heterocycles. The number of fused-ring (bicyclic) bond motifs is 1. The number of benzene rings is 1. The van der Waals surface area contributed by atoms with Gasteiger partial charge < -0.3 is 9.47 Å². The van der Waals surface area contributed by atoms with E-state index in [4.69, 9.17) is 4.98 Å². The average Bonchev–Trinajstić information content (AvgIpc) is 3.21. The first-order valence-corrected chi connectivity index (χ1v) is 8.35. The predicted molar refractivity (Wildman–Crippen MR) is 94.8 cm³/mol. The van der Waals surface area contributed by atoms with E-state index < -0.39 is 0 Å². The van der Waals surface area contributed by atoms with Crippen LogP contribution >= 0.6 is 0 Å². The van der Waals surface area contributed by atoms with Crippen LogP contribution in [0.4, 0.5) is 5.69 Å². The lowest BCUT2D eigenvalue weighted by Gasteiger charge is -2.18. The van der Waals surface area contributed by atoms with Crippen molar-refractivity contribution < 1.29 is 0 Å². The number of hydrogen-bond donors (Lipinski definition) is 0. The largest absolute Gasteiger partial charge is 0.378 e. The molecular weight excluding hydrogens is 284 g/mol. The maximum absolute atomic E-state index is 4.86. The van der Waals surface area contributed by atoms with Crippen LogP contribution in [0.3, 0.4) is 0 Å². The van der Waals surface area contributed by atoms with Crippen LogP contribution in [0.15, 0.2) is 42.6 Å². The Hall–Kier alpha value is -2.36. The molecule has 1 fully saturated rings. The average molecular weight is 306 g/mol. The van der Waals surface area contributed by atoms with Crippen molar-refractivity contribution in [3.8, 4) is 11.4 Å². The van der Waals surface area contributed by atoms with Gasteiger partial charge in [-0.05, 0) is 37.1 Å². The molecule has 0 atom stereocenters. The van der Waals surface area contributed by atoms with Gasteiger partial charge in [0.2, 0.25) is 0 Å². The second-order valence-corrected chi connectivity index (χ2v) is 6.53. The first-order chi connectivity index (χ1) is 11.2. The van der Waals surface area contributed by atoms with Gasteiger partial charge in [-0.1, -0.05) is 25.0 Å². The van der Waals surface area contributed by atoms with Crippen molar-refractivity contribution >= 4 is 16.9 Å². The first kappa shape index (κ1) is 14.2. The summed E-state index contributed by atoms with van der Waals surface area (Å²) in [5.74, 6) is 1.05. The maximum atomic E-state index is 4.86. The number of imidazole rings is 1. The molecule has 0 radical (unpaired) electrons. The molecule has 1 aliphatic rings. The summed E-state index contributed by atoms with van der Waals surface area (Å²) in [4.78, 5) is 11.5. The Morgan fingerprint density at radius 2 is 1.91 bits per heavy atom. The molecule has 0 saturated heterocycles. The zero-order valence-electron chi connectivity index (χ0n) is 13.7. The number of pyridine rings is 1. The molecule has 4 heteroatoms. The normalized spacial score (nSPS) is 15.4. The zero-order valence-corrected chi connectivity index (χ0v) is 13.7. The number of nitrogens with zero attached hydrogens (tertiary/aromatic N) is 4. The van der Waals surface area contributed by atoms with E-state index in [2.05, 4.69) is 58.9 Å². The summed E-state index contributed by atoms with van der Waals surface area (Å²) < 4.78 is 2.42. The molecule has 0 unspecified atom stereocenters. The Morgan fingerprint density at radius 3 is 2.70 bits per heavy atom. The molecule has 4 nitrogen and oxygen atoms in total. The molecule has 0 N–H and O–H groups in total. The highest BCUT2D eigenvalue weighted by Gasteiger charge is 2.23. The standard InChI is InChI=1S/C19H22N4/c1-22(2)16-10-5-7-14(13-16)19-21-18-17(11-6-12-20-18)23(19)15-8-3-4-9-15/h5-7,10-13,15H,3-4,8-9H2,1-2H3. The van der Waals surface area contributed by atoms with Crippen molar-refractivity contribution in [2.75, 3.05) is 19.0 Å². The summed E-state index contributed by atoms with van der Waals surface area (Å²) in [5.41, 5.74) is 4.37. The molecule has 0 bridgehead atoms. The fourth-order valence-corrected chi connectivity index (χ4v) is 3.59. The van der Waals surface area contributed by atoms with Crippen LogP contribution in [0, 0.1) is 0 Å². The first-order valence-electron chi connectivity index (χ1n) is 8.35. The molecule has 0 aliphatic heterocycles. The highest BCUT2D eigenvalue weighted by atomic mass is 15.1. The summed E-state index contributed by atoms with van der Waals surface area (Å²) in [6, 6.07) is 13.3. The van der Waals surface area contributed by atoms with Crippen molar-refractivity contribution in [1.82, 2.24) is 14.5 Å². The van der Waals surface area contributed by atoms with E-state index in [1.165, 1.54) is 36.9 Å². The Morgan fingerprint density at radius 1 is 1.09 bits per heavy atom. The highest BCUT2D eigenvalue weighted by Crippen LogP contribution is 2.36. The Bertz CT molecular complexity index is 828. The molecule has 3 aromatic rings. The third kappa shape index (κ3) is 2.48. The number of hydrogen-bond acceptors (Lipinski definition) is 3. The van der Waals surface area contributed by atoms with Gasteiger partial charge in [0.25, 0.3) is 0 Å². The van der Waals surface area contributed by atoms with E-state index in [0.29, 0.717) is 6.04 Å². The van der Waals surface area contributed by atoms with Crippen LogP contribution in [0.2, 0.25) is 0 Å². The molecule has 23 heavy (non-hydrogen) atoms. The van der Waals surface area contributed by atoms with Crippen LogP contribution in [0.5, 0.6) is 0 Å². The Kier molecular flexibility index (Phi) is 3.52. The molecule has 0 spiro atoms. The van der Waals surface area contributed by atoms with Crippen LogP contribution in [-0.4, -0.2) is 28.6 Å². The third-order valence-electron chi connectivity index (χ3n) is 4.78. The van der Waals surface area contributed by atoms with Gasteiger partial charge in [0.1, 0.15) is 5.82 Å². The van der Waals surface area contributed by atoms with Crippen LogP contribution in [0.25, 0.3) is 22.6 Å². The van der Waals surface area contributed by atoms with Crippen molar-refractivity contribution in [2.45, 2.75) is 31.7 Å². The van der Waals surface area contributed by atoms with E-state index in [0.717, 1.165) is 17.0 Å². The highest BCUT2D eigenvalue weighted by molar-refractivity contribution is 5.78. The summed E-state index contributed by atoms with van der Waals surface area (Å²) in [7, 11) is 4.14. The minimum Gasteiger partial charge on any atom is -0.378 e. The summed E-state index contributed by atoms with van der Waals surface area (Å²) in [6.07, 6.45) is 6.92. The molecule has 0 amide bonds. The predicted octanol–water partition coefficient (Wildman–Crippen LogP) is 4.28. The van der Waals surface area contributed by atoms with E-state index in [1.54, 1.807) is 0 Å². The van der Waals surface area contributed by atoms with Gasteiger partial charge in [-0.25, -0.2) is 9.97 Å². The minimum atomic E-state index is 0.544. The smallest absolute Gasteiger partial charge is 0.178 e. The fraction of sp³-hybridized carbons (Fsp3) is 0.368. The van der Waals surface area contributed by atoms with Crippen molar-refractivity contribution in [1.29, 1.82) is 0 Å². The SMILES string of the molecule is CN(C)c1cccc(-c2nc3ncccc3n2C2CCCC2)c1. The van der Waals surface area contributed by atoms with E-state index in [-0.39, 0.29) is 0 Å². The number of rotatable bonds is 3. The lowest BCUT2D eigenvalue weighted by Crippen LogP contribution is -2.09. The lowest BCUT2D eigenvalue weighted by atomic mass is 10.1. The Labute approximate surface area is 136 Å². The van der Waals surface area contributed by atoms with Gasteiger partial charge >= 0.3 is 0 Å². The zero-order chi connectivity index (χ0) is 15.8. The molecule has 1 saturated carbocycles. The van der Waals surface area contributed by atoms with Gasteiger partial charge in [-0.3, -0.25) is 0 Å². The van der Waals surface area contributed by atoms with Gasteiger partial charge in [0.15, 0.2) is 5.65 Å². The van der Waals surface area contributed by atoms with E-state index >= 15 is 0 Å². The van der Waals surface area contributed by atoms with E-state index in [9.17, 15) is 0 Å². The second kappa shape index (κ2) is 5.69. The molecule has 1 aromatic carbocycles. The maximum Gasteiger partial charge on any atom is 0.178 e. The monoisotopic (exact) mass is 306 g/mol. The molecular formula is C19H22N4. The fourth-order valence-electron chi connectivity index (χ4n) is 3.59. The van der Waals surface area contributed by atoms with Crippen molar-refractivity contribution in [3.05, 3.63) is 42.6 Å². The third-order valence-corrected chi connectivity index (χ3v) is 4.78. The molecule has 118 valence electrons. The Balaban J connectivity index is 1.92. The van der Waals surface area contributed by atoms with Crippen LogP contribution in [0.1, 0.15) is 31.7 Å². The summed E-state index contributed by atoms with van der Waals surface area (Å²) in [5, 5.41) is 0. The van der Waals surface area contributed by atoms with Gasteiger partial charge in [0.05, 0.1) is 5.52 Å². The minimum absolute atomic E-state index is 0.544. The van der Waals surface area contributed by atoms with Crippen molar-refractivity contribution in [3.63, 3.8) is 0 Å². The van der Waals surface area contributed by atoms with E-state index in [1.807, 2.05) is 12.3 Å². The van der Waals surface area contributed by atoms with Gasteiger partial charge in [-0.15, -0.1) is 0 Å². The van der Waals surface area contributed by atoms with Crippen molar-refractivity contribution in [2.24, 2.45) is 0 Å². The summed E-state index contributed by atoms with van der Waals surface area (Å²) in [6.45, 7) is 0. The summed E-state index contributed by atoms with van der Waals surface area (Å²) >= 11 is 0. The topological polar surface area (TPSA) is 34.0 Å². The van der Waals surface area contributed by atoms with Gasteiger partial charge in [0, 0.05) is 37.6 Å². The quantitative estimate of drug-likeness (QED) is 0.724. The van der Waals surface area contributed by atoms with Gasteiger partial charge in [-0.2, -0.15) is 0 Å².